The number of H-pyrrole nitrogens is 1. The molecule has 4 rings (SSSR count). The molecule has 5 nitrogen and oxygen atoms in total. The van der Waals surface area contributed by atoms with E-state index >= 15 is 0 Å². The van der Waals surface area contributed by atoms with Crippen LogP contribution in [0.4, 0.5) is 0 Å². The minimum atomic E-state index is -0.0396. The summed E-state index contributed by atoms with van der Waals surface area (Å²) in [5, 5.41) is 0. The summed E-state index contributed by atoms with van der Waals surface area (Å²) < 4.78 is 1.78. The second-order valence-electron chi connectivity index (χ2n) is 6.02. The van der Waals surface area contributed by atoms with Gasteiger partial charge in [0, 0.05) is 23.7 Å². The number of imidazole rings is 1. The quantitative estimate of drug-likeness (QED) is 0.792. The van der Waals surface area contributed by atoms with Crippen molar-refractivity contribution in [3.05, 3.63) is 69.8 Å². The van der Waals surface area contributed by atoms with Gasteiger partial charge in [0.25, 0.3) is 5.56 Å². The number of aromatic amines is 1. The Morgan fingerprint density at radius 1 is 1.17 bits per heavy atom. The van der Waals surface area contributed by atoms with Gasteiger partial charge < -0.3 is 4.98 Å². The van der Waals surface area contributed by atoms with E-state index in [2.05, 4.69) is 9.97 Å². The lowest BCUT2D eigenvalue weighted by atomic mass is 10.1. The Balaban J connectivity index is 1.80. The van der Waals surface area contributed by atoms with E-state index in [1.807, 2.05) is 44.2 Å². The highest BCUT2D eigenvalue weighted by molar-refractivity contribution is 5.58. The summed E-state index contributed by atoms with van der Waals surface area (Å²) in [6.45, 7) is 3.98. The first-order valence-corrected chi connectivity index (χ1v) is 7.84. The first-order valence-electron chi connectivity index (χ1n) is 7.84. The molecule has 0 saturated heterocycles. The van der Waals surface area contributed by atoms with Gasteiger partial charge in [0.2, 0.25) is 0 Å². The van der Waals surface area contributed by atoms with Crippen LogP contribution >= 0.6 is 0 Å². The maximum atomic E-state index is 12.7. The van der Waals surface area contributed by atoms with Crippen molar-refractivity contribution in [1.29, 1.82) is 0 Å². The number of hydrogen-bond acceptors (Lipinski definition) is 3. The number of aromatic nitrogens is 4. The van der Waals surface area contributed by atoms with E-state index in [0.717, 1.165) is 47.1 Å². The van der Waals surface area contributed by atoms with Crippen molar-refractivity contribution in [1.82, 2.24) is 19.5 Å². The Morgan fingerprint density at radius 2 is 1.96 bits per heavy atom. The first-order chi connectivity index (χ1) is 11.1. The maximum Gasteiger partial charge on any atom is 0.254 e. The number of nitrogens with one attached hydrogen (secondary N) is 1. The van der Waals surface area contributed by atoms with Gasteiger partial charge >= 0.3 is 0 Å². The van der Waals surface area contributed by atoms with Gasteiger partial charge in [0.05, 0.1) is 17.4 Å². The van der Waals surface area contributed by atoms with Crippen LogP contribution in [-0.2, 0) is 6.42 Å². The molecule has 0 spiro atoms. The van der Waals surface area contributed by atoms with Crippen LogP contribution in [0, 0.1) is 13.8 Å². The van der Waals surface area contributed by atoms with Crippen LogP contribution in [-0.4, -0.2) is 19.5 Å². The number of benzene rings is 1. The Bertz CT molecular complexity index is 904. The third-order valence-corrected chi connectivity index (χ3v) is 4.51. The third kappa shape index (κ3) is 2.29. The molecule has 0 amide bonds. The molecule has 0 fully saturated rings. The summed E-state index contributed by atoms with van der Waals surface area (Å²) in [6.07, 6.45) is 1.65. The van der Waals surface area contributed by atoms with Crippen molar-refractivity contribution < 1.29 is 0 Å². The second-order valence-corrected chi connectivity index (χ2v) is 6.02. The Morgan fingerprint density at radius 3 is 2.65 bits per heavy atom. The average molecular weight is 306 g/mol. The number of nitrogens with zero attached hydrogens (tertiary/aromatic N) is 3. The minimum Gasteiger partial charge on any atom is -0.344 e. The standard InChI is InChI=1S/C18H18N4O/c1-11-12(2)20-18(19-11)15-8-9-16-21-14(10-17(23)22(15)16)13-6-4-3-5-7-13/h3-7,10,15H,8-9H2,1-2H3,(H,19,20). The fourth-order valence-electron chi connectivity index (χ4n) is 3.19. The lowest BCUT2D eigenvalue weighted by Gasteiger charge is -2.12. The van der Waals surface area contributed by atoms with Gasteiger partial charge in [0.1, 0.15) is 11.6 Å². The van der Waals surface area contributed by atoms with Gasteiger partial charge in [-0.05, 0) is 20.3 Å². The summed E-state index contributed by atoms with van der Waals surface area (Å²) in [5.41, 5.74) is 3.74. The molecule has 1 aliphatic heterocycles. The highest BCUT2D eigenvalue weighted by Crippen LogP contribution is 2.29. The largest absolute Gasteiger partial charge is 0.344 e. The van der Waals surface area contributed by atoms with E-state index in [1.165, 1.54) is 0 Å². The zero-order valence-corrected chi connectivity index (χ0v) is 13.2. The molecular formula is C18H18N4O. The van der Waals surface area contributed by atoms with Crippen molar-refractivity contribution in [3.63, 3.8) is 0 Å². The topological polar surface area (TPSA) is 63.6 Å². The molecule has 1 unspecified atom stereocenters. The van der Waals surface area contributed by atoms with Gasteiger partial charge in [-0.15, -0.1) is 0 Å². The summed E-state index contributed by atoms with van der Waals surface area (Å²) in [4.78, 5) is 25.2. The summed E-state index contributed by atoms with van der Waals surface area (Å²) in [7, 11) is 0. The predicted octanol–water partition coefficient (Wildman–Crippen LogP) is 2.79. The summed E-state index contributed by atoms with van der Waals surface area (Å²) in [5.74, 6) is 1.70. The van der Waals surface area contributed by atoms with E-state index in [-0.39, 0.29) is 11.6 Å². The van der Waals surface area contributed by atoms with Crippen LogP contribution < -0.4 is 5.56 Å². The van der Waals surface area contributed by atoms with Crippen LogP contribution in [0.3, 0.4) is 0 Å². The third-order valence-electron chi connectivity index (χ3n) is 4.51. The second kappa shape index (κ2) is 5.19. The lowest BCUT2D eigenvalue weighted by molar-refractivity contribution is 0.567. The van der Waals surface area contributed by atoms with E-state index in [4.69, 9.17) is 4.98 Å². The van der Waals surface area contributed by atoms with Crippen LogP contribution in [0.2, 0.25) is 0 Å². The van der Waals surface area contributed by atoms with Gasteiger partial charge in [-0.1, -0.05) is 30.3 Å². The Kier molecular flexibility index (Phi) is 3.15. The van der Waals surface area contributed by atoms with Gasteiger partial charge in [0.15, 0.2) is 0 Å². The van der Waals surface area contributed by atoms with E-state index in [9.17, 15) is 4.79 Å². The maximum absolute atomic E-state index is 12.7. The molecule has 2 aromatic heterocycles. The SMILES string of the molecule is Cc1nc(C2CCc3nc(-c4ccccc4)cc(=O)n32)[nH]c1C. The van der Waals surface area contributed by atoms with Crippen LogP contribution in [0.25, 0.3) is 11.3 Å². The molecule has 1 aliphatic rings. The smallest absolute Gasteiger partial charge is 0.254 e. The molecule has 0 bridgehead atoms. The van der Waals surface area contributed by atoms with Crippen LogP contribution in [0.1, 0.15) is 35.5 Å². The molecule has 1 atom stereocenters. The molecule has 0 radical (unpaired) electrons. The molecular weight excluding hydrogens is 288 g/mol. The molecule has 23 heavy (non-hydrogen) atoms. The van der Waals surface area contributed by atoms with Crippen LogP contribution in [0.5, 0.6) is 0 Å². The number of aryl methyl sites for hydroxylation is 3. The van der Waals surface area contributed by atoms with E-state index < -0.39 is 0 Å². The highest BCUT2D eigenvalue weighted by atomic mass is 16.1. The minimum absolute atomic E-state index is 0.0111. The molecule has 0 saturated carbocycles. The van der Waals surface area contributed by atoms with Gasteiger partial charge in [-0.25, -0.2) is 9.97 Å². The molecule has 5 heteroatoms. The normalized spacial score (nSPS) is 16.5. The molecule has 0 aliphatic carbocycles. The average Bonchev–Trinajstić information content (AvgIpc) is 3.12. The van der Waals surface area contributed by atoms with Crippen LogP contribution in [0.15, 0.2) is 41.2 Å². The molecule has 116 valence electrons. The Labute approximate surface area is 134 Å². The molecule has 1 aromatic carbocycles. The van der Waals surface area contributed by atoms with E-state index in [1.54, 1.807) is 10.6 Å². The lowest BCUT2D eigenvalue weighted by Crippen LogP contribution is -2.25. The monoisotopic (exact) mass is 306 g/mol. The zero-order valence-electron chi connectivity index (χ0n) is 13.2. The van der Waals surface area contributed by atoms with E-state index in [0.29, 0.717) is 0 Å². The van der Waals surface area contributed by atoms with Crippen molar-refractivity contribution >= 4 is 0 Å². The number of fused-ring (bicyclic) bond motifs is 1. The number of rotatable bonds is 2. The fraction of sp³-hybridized carbons (Fsp3) is 0.278. The first kappa shape index (κ1) is 13.9. The molecule has 3 aromatic rings. The van der Waals surface area contributed by atoms with Crippen molar-refractivity contribution in [2.45, 2.75) is 32.7 Å². The predicted molar refractivity (Wildman–Crippen MR) is 88.5 cm³/mol. The van der Waals surface area contributed by atoms with Crippen molar-refractivity contribution in [3.8, 4) is 11.3 Å². The summed E-state index contributed by atoms with van der Waals surface area (Å²) in [6, 6.07) is 11.4. The number of hydrogen-bond donors (Lipinski definition) is 1. The van der Waals surface area contributed by atoms with Crippen molar-refractivity contribution in [2.75, 3.05) is 0 Å². The zero-order chi connectivity index (χ0) is 16.0. The Hall–Kier alpha value is -2.69. The highest BCUT2D eigenvalue weighted by Gasteiger charge is 2.28. The van der Waals surface area contributed by atoms with Crippen molar-refractivity contribution in [2.24, 2.45) is 0 Å². The van der Waals surface area contributed by atoms with Gasteiger partial charge in [-0.2, -0.15) is 0 Å². The van der Waals surface area contributed by atoms with Gasteiger partial charge in [-0.3, -0.25) is 9.36 Å². The molecule has 1 N–H and O–H groups in total. The molecule has 3 heterocycles. The fourth-order valence-corrected chi connectivity index (χ4v) is 3.19. The summed E-state index contributed by atoms with van der Waals surface area (Å²) >= 11 is 0.